The van der Waals surface area contributed by atoms with E-state index < -0.39 is 0 Å². The van der Waals surface area contributed by atoms with Crippen molar-refractivity contribution < 1.29 is 0 Å². The first-order chi connectivity index (χ1) is 9.65. The molecule has 2 rings (SSSR count). The van der Waals surface area contributed by atoms with Gasteiger partial charge in [-0.15, -0.1) is 0 Å². The molecule has 0 radical (unpaired) electrons. The first kappa shape index (κ1) is 14.7. The normalized spacial score (nSPS) is 12.8. The van der Waals surface area contributed by atoms with Crippen molar-refractivity contribution in [2.75, 3.05) is 0 Å². The van der Waals surface area contributed by atoms with E-state index in [1.165, 1.54) is 0 Å². The van der Waals surface area contributed by atoms with Gasteiger partial charge < -0.3 is 5.73 Å². The van der Waals surface area contributed by atoms with E-state index in [1.54, 1.807) is 6.20 Å². The predicted molar refractivity (Wildman–Crippen MR) is 81.5 cm³/mol. The third kappa shape index (κ3) is 3.25. The molecule has 0 saturated heterocycles. The number of hydrogen-bond donors (Lipinski definition) is 1. The number of hydrogen-bond acceptors (Lipinski definition) is 3. The van der Waals surface area contributed by atoms with Crippen LogP contribution in [0, 0.1) is 6.92 Å². The second-order valence-electron chi connectivity index (χ2n) is 5.25. The molecule has 2 aromatic heterocycles. The SMILES string of the molecule is CCC(CC)n1ccc(CC(N)c2cccnc2C)n1. The molecule has 1 unspecified atom stereocenters. The molecule has 1 atom stereocenters. The van der Waals surface area contributed by atoms with E-state index in [2.05, 4.69) is 40.9 Å². The minimum absolute atomic E-state index is 0.0475. The van der Waals surface area contributed by atoms with E-state index >= 15 is 0 Å². The van der Waals surface area contributed by atoms with Gasteiger partial charge in [0.15, 0.2) is 0 Å². The zero-order valence-corrected chi connectivity index (χ0v) is 12.6. The molecule has 2 N–H and O–H groups in total. The summed E-state index contributed by atoms with van der Waals surface area (Å²) in [5, 5.41) is 4.66. The lowest BCUT2D eigenvalue weighted by atomic mass is 10.0. The Hall–Kier alpha value is -1.68. The largest absolute Gasteiger partial charge is 0.324 e. The molecule has 0 spiro atoms. The molecule has 4 nitrogen and oxygen atoms in total. The molecular formula is C16H24N4. The van der Waals surface area contributed by atoms with Crippen LogP contribution in [0.2, 0.25) is 0 Å². The maximum atomic E-state index is 6.29. The van der Waals surface area contributed by atoms with Crippen LogP contribution in [0.3, 0.4) is 0 Å². The highest BCUT2D eigenvalue weighted by molar-refractivity contribution is 5.23. The van der Waals surface area contributed by atoms with E-state index in [4.69, 9.17) is 5.73 Å². The van der Waals surface area contributed by atoms with Crippen molar-refractivity contribution in [2.24, 2.45) is 5.73 Å². The number of nitrogens with zero attached hydrogens (tertiary/aromatic N) is 3. The Balaban J connectivity index is 2.09. The van der Waals surface area contributed by atoms with Crippen LogP contribution in [0.15, 0.2) is 30.6 Å². The van der Waals surface area contributed by atoms with Crippen molar-refractivity contribution in [2.45, 2.75) is 52.1 Å². The van der Waals surface area contributed by atoms with Gasteiger partial charge >= 0.3 is 0 Å². The highest BCUT2D eigenvalue weighted by Crippen LogP contribution is 2.19. The number of rotatable bonds is 6. The number of aromatic nitrogens is 3. The Morgan fingerprint density at radius 1 is 1.25 bits per heavy atom. The first-order valence-corrected chi connectivity index (χ1v) is 7.36. The predicted octanol–water partition coefficient (Wildman–Crippen LogP) is 3.19. The Labute approximate surface area is 121 Å². The highest BCUT2D eigenvalue weighted by Gasteiger charge is 2.13. The topological polar surface area (TPSA) is 56.7 Å². The zero-order chi connectivity index (χ0) is 14.5. The molecule has 20 heavy (non-hydrogen) atoms. The molecule has 0 aliphatic rings. The maximum absolute atomic E-state index is 6.29. The molecule has 0 saturated carbocycles. The van der Waals surface area contributed by atoms with Crippen molar-refractivity contribution in [1.82, 2.24) is 14.8 Å². The maximum Gasteiger partial charge on any atom is 0.0643 e. The van der Waals surface area contributed by atoms with Crippen molar-refractivity contribution in [3.8, 4) is 0 Å². The van der Waals surface area contributed by atoms with Crippen LogP contribution < -0.4 is 5.73 Å². The average Bonchev–Trinajstić information content (AvgIpc) is 2.89. The Bertz CT molecular complexity index is 543. The van der Waals surface area contributed by atoms with Crippen LogP contribution in [0.1, 0.15) is 55.7 Å². The van der Waals surface area contributed by atoms with Gasteiger partial charge in [0.2, 0.25) is 0 Å². The second kappa shape index (κ2) is 6.66. The van der Waals surface area contributed by atoms with Crippen LogP contribution >= 0.6 is 0 Å². The van der Waals surface area contributed by atoms with Gasteiger partial charge in [0.1, 0.15) is 0 Å². The van der Waals surface area contributed by atoms with Crippen LogP contribution in [-0.4, -0.2) is 14.8 Å². The molecule has 0 fully saturated rings. The fourth-order valence-electron chi connectivity index (χ4n) is 2.58. The molecule has 2 aromatic rings. The Morgan fingerprint density at radius 3 is 2.65 bits per heavy atom. The van der Waals surface area contributed by atoms with Crippen LogP contribution in [0.4, 0.5) is 0 Å². The molecule has 2 heterocycles. The van der Waals surface area contributed by atoms with Gasteiger partial charge in [-0.3, -0.25) is 9.67 Å². The fourth-order valence-corrected chi connectivity index (χ4v) is 2.58. The lowest BCUT2D eigenvalue weighted by molar-refractivity contribution is 0.424. The minimum Gasteiger partial charge on any atom is -0.324 e. The van der Waals surface area contributed by atoms with Gasteiger partial charge in [-0.25, -0.2) is 0 Å². The third-order valence-electron chi connectivity index (χ3n) is 3.86. The van der Waals surface area contributed by atoms with Crippen LogP contribution in [-0.2, 0) is 6.42 Å². The first-order valence-electron chi connectivity index (χ1n) is 7.36. The third-order valence-corrected chi connectivity index (χ3v) is 3.86. The zero-order valence-electron chi connectivity index (χ0n) is 12.6. The minimum atomic E-state index is -0.0475. The molecule has 0 aliphatic carbocycles. The second-order valence-corrected chi connectivity index (χ2v) is 5.25. The van der Waals surface area contributed by atoms with Gasteiger partial charge in [0.25, 0.3) is 0 Å². The van der Waals surface area contributed by atoms with Gasteiger partial charge in [-0.05, 0) is 37.5 Å². The van der Waals surface area contributed by atoms with E-state index in [0.29, 0.717) is 6.04 Å². The van der Waals surface area contributed by atoms with E-state index in [1.807, 2.05) is 19.1 Å². The Morgan fingerprint density at radius 2 is 2.00 bits per heavy atom. The molecule has 0 amide bonds. The van der Waals surface area contributed by atoms with Crippen LogP contribution in [0.5, 0.6) is 0 Å². The van der Waals surface area contributed by atoms with E-state index in [9.17, 15) is 0 Å². The fraction of sp³-hybridized carbons (Fsp3) is 0.500. The van der Waals surface area contributed by atoms with Gasteiger partial charge in [-0.2, -0.15) is 5.10 Å². The number of nitrogens with two attached hydrogens (primary N) is 1. The summed E-state index contributed by atoms with van der Waals surface area (Å²) in [6, 6.07) is 6.49. The lowest BCUT2D eigenvalue weighted by Gasteiger charge is -2.14. The highest BCUT2D eigenvalue weighted by atomic mass is 15.3. The molecule has 0 aliphatic heterocycles. The van der Waals surface area contributed by atoms with Crippen molar-refractivity contribution in [3.63, 3.8) is 0 Å². The summed E-state index contributed by atoms with van der Waals surface area (Å²) < 4.78 is 2.07. The lowest BCUT2D eigenvalue weighted by Crippen LogP contribution is -2.16. The summed E-state index contributed by atoms with van der Waals surface area (Å²) >= 11 is 0. The summed E-state index contributed by atoms with van der Waals surface area (Å²) in [6.45, 7) is 6.39. The Kier molecular flexibility index (Phi) is 4.90. The van der Waals surface area contributed by atoms with E-state index in [0.717, 1.165) is 36.2 Å². The van der Waals surface area contributed by atoms with Crippen molar-refractivity contribution in [1.29, 1.82) is 0 Å². The van der Waals surface area contributed by atoms with E-state index in [-0.39, 0.29) is 6.04 Å². The molecule has 108 valence electrons. The van der Waals surface area contributed by atoms with Crippen molar-refractivity contribution in [3.05, 3.63) is 47.5 Å². The van der Waals surface area contributed by atoms with Gasteiger partial charge in [0.05, 0.1) is 11.7 Å². The van der Waals surface area contributed by atoms with Gasteiger partial charge in [0, 0.05) is 30.6 Å². The number of aryl methyl sites for hydroxylation is 1. The summed E-state index contributed by atoms with van der Waals surface area (Å²) in [5.41, 5.74) is 9.44. The monoisotopic (exact) mass is 272 g/mol. The molecular weight excluding hydrogens is 248 g/mol. The van der Waals surface area contributed by atoms with Crippen molar-refractivity contribution >= 4 is 0 Å². The summed E-state index contributed by atoms with van der Waals surface area (Å²) in [4.78, 5) is 4.30. The molecule has 0 bridgehead atoms. The number of pyridine rings is 1. The van der Waals surface area contributed by atoms with Crippen LogP contribution in [0.25, 0.3) is 0 Å². The standard InChI is InChI=1S/C16H24N4/c1-4-14(5-2)20-10-8-13(19-20)11-16(17)15-7-6-9-18-12(15)3/h6-10,14,16H,4-5,11,17H2,1-3H3. The van der Waals surface area contributed by atoms with Gasteiger partial charge in [-0.1, -0.05) is 19.9 Å². The molecule has 0 aromatic carbocycles. The average molecular weight is 272 g/mol. The smallest absolute Gasteiger partial charge is 0.0643 e. The summed E-state index contributed by atoms with van der Waals surface area (Å²) in [5.74, 6) is 0. The summed E-state index contributed by atoms with van der Waals surface area (Å²) in [6.07, 6.45) is 6.82. The quantitative estimate of drug-likeness (QED) is 0.878. The summed E-state index contributed by atoms with van der Waals surface area (Å²) in [7, 11) is 0. The molecule has 4 heteroatoms.